The molecule has 0 aliphatic rings. The molecule has 1 aromatic carbocycles. The average molecular weight is 286 g/mol. The summed E-state index contributed by atoms with van der Waals surface area (Å²) in [5, 5.41) is 12.9. The smallest absolute Gasteiger partial charge is 0.252 e. The molecular weight excluding hydrogens is 264 g/mol. The lowest BCUT2D eigenvalue weighted by Gasteiger charge is -2.16. The predicted molar refractivity (Wildman–Crippen MR) is 84.2 cm³/mol. The highest BCUT2D eigenvalue weighted by Gasteiger charge is 2.13. The topological polar surface area (TPSA) is 62.2 Å². The first kappa shape index (κ1) is 15.4. The monoisotopic (exact) mass is 286 g/mol. The highest BCUT2D eigenvalue weighted by molar-refractivity contribution is 6.05. The Morgan fingerprint density at radius 2 is 2.10 bits per heavy atom. The van der Waals surface area contributed by atoms with Crippen LogP contribution in [-0.4, -0.2) is 29.1 Å². The Balaban J connectivity index is 2.08. The molecular formula is C17H22N2O2. The zero-order valence-electron chi connectivity index (χ0n) is 12.4. The predicted octanol–water partition coefficient (Wildman–Crippen LogP) is 2.76. The maximum absolute atomic E-state index is 12.4. The molecule has 1 atom stereocenters. The Labute approximate surface area is 125 Å². The van der Waals surface area contributed by atoms with Crippen molar-refractivity contribution in [2.24, 2.45) is 5.92 Å². The number of carbonyl (C=O) groups excluding carboxylic acids is 1. The van der Waals surface area contributed by atoms with Crippen molar-refractivity contribution in [1.82, 2.24) is 10.3 Å². The van der Waals surface area contributed by atoms with Gasteiger partial charge >= 0.3 is 0 Å². The van der Waals surface area contributed by atoms with Crippen molar-refractivity contribution in [3.63, 3.8) is 0 Å². The van der Waals surface area contributed by atoms with Crippen molar-refractivity contribution in [2.75, 3.05) is 13.2 Å². The minimum Gasteiger partial charge on any atom is -0.396 e. The molecule has 0 saturated heterocycles. The summed E-state index contributed by atoms with van der Waals surface area (Å²) in [7, 11) is 0. The van der Waals surface area contributed by atoms with E-state index in [0.29, 0.717) is 18.0 Å². The molecule has 0 fully saturated rings. The molecule has 1 amide bonds. The largest absolute Gasteiger partial charge is 0.396 e. The van der Waals surface area contributed by atoms with Crippen LogP contribution in [0.3, 0.4) is 0 Å². The molecule has 0 bridgehead atoms. The summed E-state index contributed by atoms with van der Waals surface area (Å²) in [4.78, 5) is 16.6. The lowest BCUT2D eigenvalue weighted by molar-refractivity contribution is 0.0944. The van der Waals surface area contributed by atoms with Crippen LogP contribution in [0.4, 0.5) is 0 Å². The van der Waals surface area contributed by atoms with Gasteiger partial charge in [0.05, 0.1) is 11.1 Å². The molecule has 1 heterocycles. The van der Waals surface area contributed by atoms with Crippen LogP contribution in [0.15, 0.2) is 36.5 Å². The lowest BCUT2D eigenvalue weighted by Crippen LogP contribution is -2.30. The molecule has 112 valence electrons. The number of hydrogen-bond acceptors (Lipinski definition) is 3. The molecule has 1 aromatic heterocycles. The second-order valence-electron chi connectivity index (χ2n) is 5.25. The van der Waals surface area contributed by atoms with Crippen LogP contribution in [0, 0.1) is 5.92 Å². The molecule has 4 nitrogen and oxygen atoms in total. The minimum atomic E-state index is -0.0763. The summed E-state index contributed by atoms with van der Waals surface area (Å²) in [5.41, 5.74) is 1.48. The number of para-hydroxylation sites is 1. The molecule has 21 heavy (non-hydrogen) atoms. The van der Waals surface area contributed by atoms with Gasteiger partial charge < -0.3 is 10.4 Å². The van der Waals surface area contributed by atoms with E-state index in [9.17, 15) is 4.79 Å². The number of fused-ring (bicyclic) bond motifs is 1. The number of hydrogen-bond donors (Lipinski definition) is 2. The van der Waals surface area contributed by atoms with E-state index in [2.05, 4.69) is 17.2 Å². The molecule has 2 aromatic rings. The highest BCUT2D eigenvalue weighted by atomic mass is 16.3. The number of carbonyl (C=O) groups is 1. The van der Waals surface area contributed by atoms with Crippen LogP contribution in [0.1, 0.15) is 36.5 Å². The number of rotatable bonds is 7. The second kappa shape index (κ2) is 7.74. The van der Waals surface area contributed by atoms with E-state index in [4.69, 9.17) is 5.11 Å². The van der Waals surface area contributed by atoms with Crippen LogP contribution in [0.2, 0.25) is 0 Å². The first-order valence-corrected chi connectivity index (χ1v) is 7.49. The van der Waals surface area contributed by atoms with Gasteiger partial charge in [0.15, 0.2) is 0 Å². The third kappa shape index (κ3) is 4.02. The first-order valence-electron chi connectivity index (χ1n) is 7.49. The van der Waals surface area contributed by atoms with Crippen LogP contribution >= 0.6 is 0 Å². The van der Waals surface area contributed by atoms with E-state index in [0.717, 1.165) is 30.2 Å². The van der Waals surface area contributed by atoms with Gasteiger partial charge in [-0.15, -0.1) is 0 Å². The molecule has 4 heteroatoms. The molecule has 0 aliphatic heterocycles. The fraction of sp³-hybridized carbons (Fsp3) is 0.412. The number of aliphatic hydroxyl groups excluding tert-OH is 1. The van der Waals surface area contributed by atoms with Crippen molar-refractivity contribution in [1.29, 1.82) is 0 Å². The van der Waals surface area contributed by atoms with Gasteiger partial charge in [-0.25, -0.2) is 0 Å². The number of aromatic nitrogens is 1. The van der Waals surface area contributed by atoms with Gasteiger partial charge in [-0.2, -0.15) is 0 Å². The average Bonchev–Trinajstić information content (AvgIpc) is 2.52. The van der Waals surface area contributed by atoms with Crippen molar-refractivity contribution in [3.05, 3.63) is 42.1 Å². The van der Waals surface area contributed by atoms with Crippen LogP contribution in [0.25, 0.3) is 10.9 Å². The third-order valence-electron chi connectivity index (χ3n) is 3.68. The maximum atomic E-state index is 12.4. The number of nitrogens with zero attached hydrogens (tertiary/aromatic N) is 1. The Morgan fingerprint density at radius 1 is 1.29 bits per heavy atom. The van der Waals surface area contributed by atoms with E-state index in [-0.39, 0.29) is 12.5 Å². The Morgan fingerprint density at radius 3 is 2.86 bits per heavy atom. The highest BCUT2D eigenvalue weighted by Crippen LogP contribution is 2.16. The van der Waals surface area contributed by atoms with Gasteiger partial charge in [0.2, 0.25) is 0 Å². The molecule has 0 radical (unpaired) electrons. The molecule has 2 rings (SSSR count). The fourth-order valence-corrected chi connectivity index (χ4v) is 2.57. The number of benzene rings is 1. The Hall–Kier alpha value is -1.94. The van der Waals surface area contributed by atoms with Crippen molar-refractivity contribution in [2.45, 2.75) is 26.2 Å². The van der Waals surface area contributed by atoms with Crippen molar-refractivity contribution in [3.8, 4) is 0 Å². The van der Waals surface area contributed by atoms with Gasteiger partial charge in [0.1, 0.15) is 0 Å². The van der Waals surface area contributed by atoms with Crippen molar-refractivity contribution < 1.29 is 9.90 Å². The quantitative estimate of drug-likeness (QED) is 0.822. The van der Waals surface area contributed by atoms with Crippen LogP contribution < -0.4 is 5.32 Å². The fourth-order valence-electron chi connectivity index (χ4n) is 2.57. The summed E-state index contributed by atoms with van der Waals surface area (Å²) < 4.78 is 0. The van der Waals surface area contributed by atoms with Crippen molar-refractivity contribution >= 4 is 16.8 Å². The minimum absolute atomic E-state index is 0.0763. The van der Waals surface area contributed by atoms with E-state index < -0.39 is 0 Å². The number of pyridine rings is 1. The van der Waals surface area contributed by atoms with Crippen LogP contribution in [-0.2, 0) is 0 Å². The summed E-state index contributed by atoms with van der Waals surface area (Å²) in [6, 6.07) is 9.38. The van der Waals surface area contributed by atoms with Gasteiger partial charge in [0.25, 0.3) is 5.91 Å². The molecule has 2 N–H and O–H groups in total. The number of amides is 1. The summed E-state index contributed by atoms with van der Waals surface area (Å²) in [6.45, 7) is 2.88. The Kier molecular flexibility index (Phi) is 5.69. The van der Waals surface area contributed by atoms with Gasteiger partial charge in [-0.05, 0) is 30.9 Å². The van der Waals surface area contributed by atoms with Gasteiger partial charge in [-0.3, -0.25) is 9.78 Å². The maximum Gasteiger partial charge on any atom is 0.252 e. The van der Waals surface area contributed by atoms with E-state index >= 15 is 0 Å². The van der Waals surface area contributed by atoms with E-state index in [1.807, 2.05) is 24.3 Å². The SMILES string of the molecule is CCCC(CCO)CNC(=O)c1ccnc2ccccc12. The summed E-state index contributed by atoms with van der Waals surface area (Å²) in [6.07, 6.45) is 4.45. The molecule has 0 aliphatic carbocycles. The standard InChI is InChI=1S/C17H22N2O2/c1-2-5-13(9-11-20)12-19-17(21)15-8-10-18-16-7-4-3-6-14(15)16/h3-4,6-8,10,13,20H,2,5,9,11-12H2,1H3,(H,19,21). The number of aliphatic hydroxyl groups is 1. The van der Waals surface area contributed by atoms with Crippen LogP contribution in [0.5, 0.6) is 0 Å². The normalized spacial score (nSPS) is 12.3. The Bertz CT molecular complexity index is 587. The van der Waals surface area contributed by atoms with Gasteiger partial charge in [-0.1, -0.05) is 31.5 Å². The molecule has 0 saturated carbocycles. The lowest BCUT2D eigenvalue weighted by atomic mass is 10.00. The van der Waals surface area contributed by atoms with Gasteiger partial charge in [0, 0.05) is 24.7 Å². The molecule has 0 spiro atoms. The van der Waals surface area contributed by atoms with E-state index in [1.54, 1.807) is 12.3 Å². The molecule has 1 unspecified atom stereocenters. The third-order valence-corrected chi connectivity index (χ3v) is 3.68. The summed E-state index contributed by atoms with van der Waals surface area (Å²) >= 11 is 0. The summed E-state index contributed by atoms with van der Waals surface area (Å²) in [5.74, 6) is 0.254. The number of nitrogens with one attached hydrogen (secondary N) is 1. The first-order chi connectivity index (χ1) is 10.3. The zero-order chi connectivity index (χ0) is 15.1. The second-order valence-corrected chi connectivity index (χ2v) is 5.25. The van der Waals surface area contributed by atoms with E-state index in [1.165, 1.54) is 0 Å². The zero-order valence-corrected chi connectivity index (χ0v) is 12.4.